The van der Waals surface area contributed by atoms with Gasteiger partial charge in [-0.05, 0) is 19.8 Å². The van der Waals surface area contributed by atoms with E-state index in [2.05, 4.69) is 5.32 Å². The van der Waals surface area contributed by atoms with Gasteiger partial charge in [-0.1, -0.05) is 6.92 Å². The van der Waals surface area contributed by atoms with Crippen LogP contribution in [0.15, 0.2) is 0 Å². The molecular weight excluding hydrogens is 246 g/mol. The number of β-amino-alcohol motifs (C(OH)–C–C–N with tert-alkyl or cyclic N) is 1. The number of carbonyl (C=O) groups excluding carboxylic acids is 2. The first-order valence-corrected chi connectivity index (χ1v) is 6.79. The minimum Gasteiger partial charge on any atom is -0.389 e. The van der Waals surface area contributed by atoms with Crippen molar-refractivity contribution in [2.24, 2.45) is 0 Å². The number of likely N-dealkylation sites (tertiary alicyclic amines) is 1. The van der Waals surface area contributed by atoms with Crippen LogP contribution in [0.2, 0.25) is 0 Å². The summed E-state index contributed by atoms with van der Waals surface area (Å²) in [7, 11) is 1.63. The van der Waals surface area contributed by atoms with E-state index in [-0.39, 0.29) is 24.9 Å². The molecule has 0 aromatic heterocycles. The molecule has 2 N–H and O–H groups in total. The average Bonchev–Trinajstić information content (AvgIpc) is 2.65. The maximum Gasteiger partial charge on any atom is 0.239 e. The molecule has 1 aliphatic heterocycles. The molecule has 0 aromatic carbocycles. The molecule has 0 saturated carbocycles. The molecular formula is C13H25N3O3. The second-order valence-electron chi connectivity index (χ2n) is 5.56. The maximum absolute atomic E-state index is 11.9. The van der Waals surface area contributed by atoms with Gasteiger partial charge in [0.25, 0.3) is 0 Å². The number of carbonyl (C=O) groups is 2. The summed E-state index contributed by atoms with van der Waals surface area (Å²) in [5, 5.41) is 12.6. The molecule has 1 rings (SSSR count). The number of nitrogens with one attached hydrogen (secondary N) is 1. The highest BCUT2D eigenvalue weighted by atomic mass is 16.3. The van der Waals surface area contributed by atoms with Gasteiger partial charge < -0.3 is 15.3 Å². The molecule has 0 bridgehead atoms. The van der Waals surface area contributed by atoms with Gasteiger partial charge in [0, 0.05) is 26.7 Å². The fraction of sp³-hybridized carbons (Fsp3) is 0.846. The molecule has 2 amide bonds. The van der Waals surface area contributed by atoms with Crippen LogP contribution in [0, 0.1) is 0 Å². The van der Waals surface area contributed by atoms with Gasteiger partial charge in [0.05, 0.1) is 18.7 Å². The third-order valence-corrected chi connectivity index (χ3v) is 3.27. The first-order valence-electron chi connectivity index (χ1n) is 6.79. The predicted octanol–water partition coefficient (Wildman–Crippen LogP) is -0.572. The van der Waals surface area contributed by atoms with E-state index in [1.807, 2.05) is 11.8 Å². The molecule has 0 spiro atoms. The van der Waals surface area contributed by atoms with E-state index in [1.165, 1.54) is 4.90 Å². The highest BCUT2D eigenvalue weighted by molar-refractivity contribution is 5.85. The highest BCUT2D eigenvalue weighted by Gasteiger charge is 2.32. The molecule has 6 nitrogen and oxygen atoms in total. The van der Waals surface area contributed by atoms with Crippen LogP contribution in [0.3, 0.4) is 0 Å². The second-order valence-corrected chi connectivity index (χ2v) is 5.56. The van der Waals surface area contributed by atoms with Crippen LogP contribution in [0.1, 0.15) is 26.7 Å². The van der Waals surface area contributed by atoms with Crippen LogP contribution >= 0.6 is 0 Å². The lowest BCUT2D eigenvalue weighted by Crippen LogP contribution is -2.43. The first kappa shape index (κ1) is 15.9. The minimum atomic E-state index is -0.697. The molecule has 110 valence electrons. The van der Waals surface area contributed by atoms with Crippen LogP contribution in [0.25, 0.3) is 0 Å². The number of rotatable bonds is 6. The van der Waals surface area contributed by atoms with Gasteiger partial charge in [-0.25, -0.2) is 0 Å². The number of likely N-dealkylation sites (N-methyl/N-ethyl adjacent to an activating group) is 1. The Hall–Kier alpha value is -1.14. The Morgan fingerprint density at radius 2 is 2.16 bits per heavy atom. The lowest BCUT2D eigenvalue weighted by atomic mass is 10.1. The fourth-order valence-corrected chi connectivity index (χ4v) is 2.11. The third kappa shape index (κ3) is 5.57. The van der Waals surface area contributed by atoms with Crippen LogP contribution < -0.4 is 5.32 Å². The smallest absolute Gasteiger partial charge is 0.239 e. The van der Waals surface area contributed by atoms with Gasteiger partial charge in [-0.3, -0.25) is 14.5 Å². The molecule has 1 saturated heterocycles. The monoisotopic (exact) mass is 271 g/mol. The third-order valence-electron chi connectivity index (χ3n) is 3.27. The molecule has 1 heterocycles. The lowest BCUT2D eigenvalue weighted by molar-refractivity contribution is -0.135. The zero-order valence-electron chi connectivity index (χ0n) is 12.1. The summed E-state index contributed by atoms with van der Waals surface area (Å²) < 4.78 is 0. The number of hydrogen-bond donors (Lipinski definition) is 2. The summed E-state index contributed by atoms with van der Waals surface area (Å²) in [6.07, 6.45) is 1.56. The van der Waals surface area contributed by atoms with Crippen molar-refractivity contribution in [3.63, 3.8) is 0 Å². The number of amides is 2. The zero-order chi connectivity index (χ0) is 14.5. The molecule has 0 aliphatic carbocycles. The predicted molar refractivity (Wildman–Crippen MR) is 72.6 cm³/mol. The Kier molecular flexibility index (Phi) is 5.75. The number of aliphatic hydroxyl groups is 1. The van der Waals surface area contributed by atoms with E-state index in [1.54, 1.807) is 14.0 Å². The molecule has 1 unspecified atom stereocenters. The summed E-state index contributed by atoms with van der Waals surface area (Å²) in [6, 6.07) is 0. The largest absolute Gasteiger partial charge is 0.389 e. The first-order chi connectivity index (χ1) is 8.84. The summed E-state index contributed by atoms with van der Waals surface area (Å²) in [6.45, 7) is 5.96. The summed E-state index contributed by atoms with van der Waals surface area (Å²) in [5.41, 5.74) is -0.697. The van der Waals surface area contributed by atoms with Crippen molar-refractivity contribution in [3.05, 3.63) is 0 Å². The van der Waals surface area contributed by atoms with Crippen molar-refractivity contribution in [1.82, 2.24) is 15.1 Å². The Balaban J connectivity index is 2.31. The highest BCUT2D eigenvalue weighted by Crippen LogP contribution is 2.19. The standard InChI is InChI=1S/C13H25N3O3/c1-4-6-14-11(17)8-15(3)12(18)9-16-7-5-13(2,19)10-16/h19H,4-10H2,1-3H3,(H,14,17). The molecule has 19 heavy (non-hydrogen) atoms. The van der Waals surface area contributed by atoms with Crippen molar-refractivity contribution in [2.45, 2.75) is 32.3 Å². The van der Waals surface area contributed by atoms with Gasteiger partial charge in [-0.2, -0.15) is 0 Å². The second kappa shape index (κ2) is 6.86. The van der Waals surface area contributed by atoms with Gasteiger partial charge in [0.2, 0.25) is 11.8 Å². The van der Waals surface area contributed by atoms with Crippen LogP contribution in [-0.4, -0.2) is 72.1 Å². The van der Waals surface area contributed by atoms with Crippen molar-refractivity contribution in [1.29, 1.82) is 0 Å². The molecule has 1 atom stereocenters. The van der Waals surface area contributed by atoms with E-state index in [0.29, 0.717) is 26.1 Å². The van der Waals surface area contributed by atoms with Crippen molar-refractivity contribution >= 4 is 11.8 Å². The Morgan fingerprint density at radius 1 is 1.47 bits per heavy atom. The normalized spacial score (nSPS) is 23.4. The van der Waals surface area contributed by atoms with Gasteiger partial charge >= 0.3 is 0 Å². The van der Waals surface area contributed by atoms with E-state index >= 15 is 0 Å². The van der Waals surface area contributed by atoms with Crippen molar-refractivity contribution < 1.29 is 14.7 Å². The van der Waals surface area contributed by atoms with Crippen LogP contribution in [0.4, 0.5) is 0 Å². The van der Waals surface area contributed by atoms with Gasteiger partial charge in [0.15, 0.2) is 0 Å². The molecule has 0 radical (unpaired) electrons. The van der Waals surface area contributed by atoms with Crippen molar-refractivity contribution in [2.75, 3.05) is 39.8 Å². The maximum atomic E-state index is 11.9. The molecule has 1 aliphatic rings. The Bertz CT molecular complexity index is 331. The SMILES string of the molecule is CCCNC(=O)CN(C)C(=O)CN1CCC(C)(O)C1. The summed E-state index contributed by atoms with van der Waals surface area (Å²) in [4.78, 5) is 26.8. The summed E-state index contributed by atoms with van der Waals surface area (Å²) in [5.74, 6) is -0.226. The van der Waals surface area contributed by atoms with E-state index in [0.717, 1.165) is 6.42 Å². The van der Waals surface area contributed by atoms with Crippen LogP contribution in [-0.2, 0) is 9.59 Å². The average molecular weight is 271 g/mol. The van der Waals surface area contributed by atoms with Crippen LogP contribution in [0.5, 0.6) is 0 Å². The quantitative estimate of drug-likeness (QED) is 0.678. The minimum absolute atomic E-state index is 0.0864. The lowest BCUT2D eigenvalue weighted by Gasteiger charge is -2.22. The Morgan fingerprint density at radius 3 is 2.68 bits per heavy atom. The fourth-order valence-electron chi connectivity index (χ4n) is 2.11. The number of nitrogens with zero attached hydrogens (tertiary/aromatic N) is 2. The van der Waals surface area contributed by atoms with E-state index < -0.39 is 5.60 Å². The van der Waals surface area contributed by atoms with E-state index in [4.69, 9.17) is 0 Å². The topological polar surface area (TPSA) is 72.9 Å². The van der Waals surface area contributed by atoms with Gasteiger partial charge in [-0.15, -0.1) is 0 Å². The van der Waals surface area contributed by atoms with Crippen molar-refractivity contribution in [3.8, 4) is 0 Å². The molecule has 0 aromatic rings. The summed E-state index contributed by atoms with van der Waals surface area (Å²) >= 11 is 0. The van der Waals surface area contributed by atoms with Gasteiger partial charge in [0.1, 0.15) is 0 Å². The Labute approximate surface area is 114 Å². The molecule has 6 heteroatoms. The molecule has 1 fully saturated rings. The zero-order valence-corrected chi connectivity index (χ0v) is 12.1. The van der Waals surface area contributed by atoms with E-state index in [9.17, 15) is 14.7 Å². The number of hydrogen-bond acceptors (Lipinski definition) is 4.